The maximum absolute atomic E-state index is 10.8. The highest BCUT2D eigenvalue weighted by Gasteiger charge is 2.10. The van der Waals surface area contributed by atoms with E-state index in [1.54, 1.807) is 0 Å². The van der Waals surface area contributed by atoms with E-state index in [9.17, 15) is 4.79 Å². The average Bonchev–Trinajstić information content (AvgIpc) is 2.85. The minimum atomic E-state index is -0.570. The number of hydrogen-bond donors (Lipinski definition) is 3. The summed E-state index contributed by atoms with van der Waals surface area (Å²) in [7, 11) is 0. The number of oxazole rings is 1. The molecule has 0 radical (unpaired) electrons. The lowest BCUT2D eigenvalue weighted by molar-refractivity contribution is 0.515. The number of imidazole rings is 1. The maximum atomic E-state index is 10.8. The van der Waals surface area contributed by atoms with Gasteiger partial charge in [0, 0.05) is 0 Å². The lowest BCUT2D eigenvalue weighted by Crippen LogP contribution is -2.00. The number of nitrogen functional groups attached to an aromatic ring is 1. The summed E-state index contributed by atoms with van der Waals surface area (Å²) in [5, 5.41) is 0. The van der Waals surface area contributed by atoms with Crippen molar-refractivity contribution in [2.75, 3.05) is 5.73 Å². The van der Waals surface area contributed by atoms with Crippen LogP contribution in [0.15, 0.2) is 21.8 Å². The number of nitrogens with zero attached hydrogens (tertiary/aromatic N) is 3. The molecule has 0 spiro atoms. The molecular weight excluding hydrogens is 212 g/mol. The van der Waals surface area contributed by atoms with Crippen LogP contribution in [-0.4, -0.2) is 24.9 Å². The van der Waals surface area contributed by atoms with Crippen molar-refractivity contribution >= 4 is 17.0 Å². The number of H-pyrrole nitrogens is 2. The van der Waals surface area contributed by atoms with Gasteiger partial charge in [0.2, 0.25) is 0 Å². The fraction of sp³-hybridized carbons (Fsp3) is 0. The van der Waals surface area contributed by atoms with E-state index in [1.807, 2.05) is 0 Å². The zero-order chi connectivity index (χ0) is 11.1. The molecule has 0 saturated carbocycles. The first-order valence-corrected chi connectivity index (χ1v) is 4.39. The lowest BCUT2D eigenvalue weighted by atomic mass is 10.4. The lowest BCUT2D eigenvalue weighted by Gasteiger charge is -1.97. The van der Waals surface area contributed by atoms with Gasteiger partial charge in [0.15, 0.2) is 17.3 Å². The number of aromatic amines is 2. The first-order valence-electron chi connectivity index (χ1n) is 4.39. The van der Waals surface area contributed by atoms with Crippen molar-refractivity contribution in [2.45, 2.75) is 0 Å². The molecule has 3 aromatic heterocycles. The zero-order valence-corrected chi connectivity index (χ0v) is 7.89. The summed E-state index contributed by atoms with van der Waals surface area (Å²) in [4.78, 5) is 28.2. The van der Waals surface area contributed by atoms with Gasteiger partial charge in [0.05, 0.1) is 6.33 Å². The van der Waals surface area contributed by atoms with Crippen molar-refractivity contribution in [2.24, 2.45) is 0 Å². The summed E-state index contributed by atoms with van der Waals surface area (Å²) in [5.74, 6) is -0.0400. The molecule has 0 aliphatic rings. The number of nitrogens with one attached hydrogen (secondary N) is 2. The first-order chi connectivity index (χ1) is 7.74. The highest BCUT2D eigenvalue weighted by Crippen LogP contribution is 2.18. The summed E-state index contributed by atoms with van der Waals surface area (Å²) in [6, 6.07) is 0. The fourth-order valence-electron chi connectivity index (χ4n) is 1.37. The van der Waals surface area contributed by atoms with E-state index in [2.05, 4.69) is 29.3 Å². The van der Waals surface area contributed by atoms with Crippen molar-refractivity contribution < 1.29 is 4.42 Å². The second kappa shape index (κ2) is 2.92. The summed E-state index contributed by atoms with van der Waals surface area (Å²) in [5.41, 5.74) is 7.06. The van der Waals surface area contributed by atoms with E-state index in [4.69, 9.17) is 5.73 Å². The van der Waals surface area contributed by atoms with Gasteiger partial charge in [-0.3, -0.25) is 4.98 Å². The fourth-order valence-corrected chi connectivity index (χ4v) is 1.37. The minimum absolute atomic E-state index is 0.263. The maximum Gasteiger partial charge on any atom is 0.416 e. The molecule has 4 N–H and O–H groups in total. The highest BCUT2D eigenvalue weighted by molar-refractivity contribution is 5.82. The van der Waals surface area contributed by atoms with Gasteiger partial charge >= 0.3 is 5.76 Å². The number of anilines is 1. The van der Waals surface area contributed by atoms with Gasteiger partial charge in [-0.05, 0) is 0 Å². The third-order valence-corrected chi connectivity index (χ3v) is 2.08. The van der Waals surface area contributed by atoms with Gasteiger partial charge in [-0.25, -0.2) is 19.7 Å². The molecule has 3 aromatic rings. The summed E-state index contributed by atoms with van der Waals surface area (Å²) < 4.78 is 4.59. The Morgan fingerprint density at radius 2 is 2.25 bits per heavy atom. The number of hydrogen-bond acceptors (Lipinski definition) is 6. The Bertz CT molecular complexity index is 708. The van der Waals surface area contributed by atoms with Crippen LogP contribution in [0.3, 0.4) is 0 Å². The van der Waals surface area contributed by atoms with E-state index >= 15 is 0 Å². The van der Waals surface area contributed by atoms with Gasteiger partial charge in [0.25, 0.3) is 0 Å². The number of nitrogens with two attached hydrogens (primary N) is 1. The van der Waals surface area contributed by atoms with Crippen LogP contribution in [0.4, 0.5) is 5.82 Å². The highest BCUT2D eigenvalue weighted by atomic mass is 16.4. The van der Waals surface area contributed by atoms with Gasteiger partial charge in [0.1, 0.15) is 17.5 Å². The molecule has 0 atom stereocenters. The predicted molar refractivity (Wildman–Crippen MR) is 54.4 cm³/mol. The summed E-state index contributed by atoms with van der Waals surface area (Å²) in [6.07, 6.45) is 2.70. The van der Waals surface area contributed by atoms with Crippen molar-refractivity contribution in [3.63, 3.8) is 0 Å². The van der Waals surface area contributed by atoms with E-state index in [0.717, 1.165) is 0 Å². The Morgan fingerprint density at radius 1 is 1.38 bits per heavy atom. The standard InChI is InChI=1S/C8H6N6O2/c9-5-4-7(11-2-10-4)14-6(13-5)3-1-16-8(15)12-3/h1-2H,(H,12,15)(H3,9,10,11,13,14). The Labute approximate surface area is 87.6 Å². The monoisotopic (exact) mass is 218 g/mol. The molecule has 3 rings (SSSR count). The Balaban J connectivity index is 2.28. The predicted octanol–water partition coefficient (Wildman–Crippen LogP) is -0.117. The molecule has 0 amide bonds. The number of fused-ring (bicyclic) bond motifs is 1. The third kappa shape index (κ3) is 1.16. The largest absolute Gasteiger partial charge is 0.416 e. The van der Waals surface area contributed by atoms with Gasteiger partial charge < -0.3 is 15.1 Å². The normalized spacial score (nSPS) is 11.0. The van der Waals surface area contributed by atoms with Crippen molar-refractivity contribution in [1.29, 1.82) is 0 Å². The zero-order valence-electron chi connectivity index (χ0n) is 7.89. The van der Waals surface area contributed by atoms with E-state index in [1.165, 1.54) is 12.6 Å². The molecule has 0 aromatic carbocycles. The Hall–Kier alpha value is -2.64. The van der Waals surface area contributed by atoms with Gasteiger partial charge in [-0.2, -0.15) is 0 Å². The molecule has 16 heavy (non-hydrogen) atoms. The molecule has 0 saturated heterocycles. The molecule has 0 fully saturated rings. The molecule has 8 heteroatoms. The van der Waals surface area contributed by atoms with Crippen molar-refractivity contribution in [1.82, 2.24) is 24.9 Å². The molecule has 0 aliphatic carbocycles. The minimum Gasteiger partial charge on any atom is -0.416 e. The van der Waals surface area contributed by atoms with Crippen LogP contribution >= 0.6 is 0 Å². The van der Waals surface area contributed by atoms with Gasteiger partial charge in [-0.1, -0.05) is 0 Å². The van der Waals surface area contributed by atoms with Crippen LogP contribution in [0.25, 0.3) is 22.7 Å². The SMILES string of the molecule is Nc1nc(-c2coc(=O)[nH]2)nc2nc[nH]c12. The molecule has 0 aliphatic heterocycles. The van der Waals surface area contributed by atoms with Crippen LogP contribution < -0.4 is 11.5 Å². The average molecular weight is 218 g/mol. The van der Waals surface area contributed by atoms with E-state index in [0.29, 0.717) is 16.9 Å². The topological polar surface area (TPSA) is 126 Å². The molecule has 80 valence electrons. The Kier molecular flexibility index (Phi) is 1.58. The van der Waals surface area contributed by atoms with Gasteiger partial charge in [-0.15, -0.1) is 0 Å². The number of rotatable bonds is 1. The van der Waals surface area contributed by atoms with Crippen LogP contribution in [0.1, 0.15) is 0 Å². The van der Waals surface area contributed by atoms with Crippen molar-refractivity contribution in [3.05, 3.63) is 23.1 Å². The Morgan fingerprint density at radius 3 is 3.00 bits per heavy atom. The summed E-state index contributed by atoms with van der Waals surface area (Å²) >= 11 is 0. The summed E-state index contributed by atoms with van der Waals surface area (Å²) in [6.45, 7) is 0. The van der Waals surface area contributed by atoms with Crippen LogP contribution in [-0.2, 0) is 0 Å². The van der Waals surface area contributed by atoms with Crippen molar-refractivity contribution in [3.8, 4) is 11.5 Å². The van der Waals surface area contributed by atoms with E-state index in [-0.39, 0.29) is 11.6 Å². The van der Waals surface area contributed by atoms with Crippen LogP contribution in [0, 0.1) is 0 Å². The van der Waals surface area contributed by atoms with Crippen LogP contribution in [0.2, 0.25) is 0 Å². The molecule has 3 heterocycles. The molecule has 0 bridgehead atoms. The molecule has 8 nitrogen and oxygen atoms in total. The van der Waals surface area contributed by atoms with Crippen LogP contribution in [0.5, 0.6) is 0 Å². The number of aromatic nitrogens is 5. The second-order valence-corrected chi connectivity index (χ2v) is 3.10. The third-order valence-electron chi connectivity index (χ3n) is 2.08. The quantitative estimate of drug-likeness (QED) is 0.522. The van der Waals surface area contributed by atoms with E-state index < -0.39 is 5.76 Å². The smallest absolute Gasteiger partial charge is 0.416 e. The first kappa shape index (κ1) is 8.65. The second-order valence-electron chi connectivity index (χ2n) is 3.10. The molecule has 0 unspecified atom stereocenters. The molecular formula is C8H6N6O2.